The SMILES string of the molecule is Cc1nn(C)c(C)c1C(=O)N[C@@H](C)CN. The Balaban J connectivity index is 2.91. The molecule has 15 heavy (non-hydrogen) atoms. The molecule has 0 radical (unpaired) electrons. The summed E-state index contributed by atoms with van der Waals surface area (Å²) in [5.74, 6) is -0.101. The molecule has 1 aromatic rings. The Morgan fingerprint density at radius 1 is 1.60 bits per heavy atom. The number of hydrogen-bond acceptors (Lipinski definition) is 3. The second-order valence-corrected chi connectivity index (χ2v) is 3.78. The zero-order valence-electron chi connectivity index (χ0n) is 9.66. The molecular weight excluding hydrogens is 192 g/mol. The van der Waals surface area contributed by atoms with E-state index in [-0.39, 0.29) is 11.9 Å². The second-order valence-electron chi connectivity index (χ2n) is 3.78. The van der Waals surface area contributed by atoms with E-state index in [0.29, 0.717) is 12.1 Å². The molecular formula is C10H18N4O. The highest BCUT2D eigenvalue weighted by atomic mass is 16.1. The van der Waals surface area contributed by atoms with Crippen molar-refractivity contribution >= 4 is 5.91 Å². The fourth-order valence-corrected chi connectivity index (χ4v) is 1.46. The van der Waals surface area contributed by atoms with Crippen molar-refractivity contribution in [1.82, 2.24) is 15.1 Å². The van der Waals surface area contributed by atoms with Crippen LogP contribution in [0.1, 0.15) is 28.7 Å². The van der Waals surface area contributed by atoms with Gasteiger partial charge in [0.1, 0.15) is 0 Å². The Morgan fingerprint density at radius 3 is 2.60 bits per heavy atom. The van der Waals surface area contributed by atoms with Crippen LogP contribution in [0.3, 0.4) is 0 Å². The Labute approximate surface area is 89.6 Å². The van der Waals surface area contributed by atoms with Gasteiger partial charge in [0, 0.05) is 25.3 Å². The van der Waals surface area contributed by atoms with E-state index in [1.54, 1.807) is 4.68 Å². The number of aryl methyl sites for hydroxylation is 2. The third kappa shape index (κ3) is 2.36. The smallest absolute Gasteiger partial charge is 0.255 e. The van der Waals surface area contributed by atoms with E-state index < -0.39 is 0 Å². The predicted octanol–water partition coefficient (Wildman–Crippen LogP) is 0.114. The zero-order chi connectivity index (χ0) is 11.6. The number of nitrogens with one attached hydrogen (secondary N) is 1. The van der Waals surface area contributed by atoms with E-state index >= 15 is 0 Å². The minimum Gasteiger partial charge on any atom is -0.348 e. The lowest BCUT2D eigenvalue weighted by Gasteiger charge is -2.11. The van der Waals surface area contributed by atoms with Gasteiger partial charge in [0.25, 0.3) is 5.91 Å². The maximum Gasteiger partial charge on any atom is 0.255 e. The summed E-state index contributed by atoms with van der Waals surface area (Å²) in [5, 5.41) is 7.01. The van der Waals surface area contributed by atoms with E-state index in [9.17, 15) is 4.79 Å². The number of hydrogen-bond donors (Lipinski definition) is 2. The predicted molar refractivity (Wildman–Crippen MR) is 58.7 cm³/mol. The molecule has 0 bridgehead atoms. The summed E-state index contributed by atoms with van der Waals surface area (Å²) in [6.45, 7) is 6.01. The number of amides is 1. The zero-order valence-corrected chi connectivity index (χ0v) is 9.66. The van der Waals surface area contributed by atoms with E-state index in [0.717, 1.165) is 11.4 Å². The second kappa shape index (κ2) is 4.44. The molecule has 1 heterocycles. The summed E-state index contributed by atoms with van der Waals surface area (Å²) < 4.78 is 1.71. The van der Waals surface area contributed by atoms with Crippen LogP contribution < -0.4 is 11.1 Å². The Kier molecular flexibility index (Phi) is 3.47. The van der Waals surface area contributed by atoms with Gasteiger partial charge in [0.15, 0.2) is 0 Å². The standard InChI is InChI=1S/C10H18N4O/c1-6(5-11)12-10(15)9-7(2)13-14(4)8(9)3/h6H,5,11H2,1-4H3,(H,12,15)/t6-/m0/s1. The van der Waals surface area contributed by atoms with Crippen molar-refractivity contribution < 1.29 is 4.79 Å². The van der Waals surface area contributed by atoms with Gasteiger partial charge in [-0.15, -0.1) is 0 Å². The number of carbonyl (C=O) groups excluding carboxylic acids is 1. The summed E-state index contributed by atoms with van der Waals surface area (Å²) in [6, 6.07) is -0.0171. The van der Waals surface area contributed by atoms with E-state index in [2.05, 4.69) is 10.4 Å². The number of aromatic nitrogens is 2. The van der Waals surface area contributed by atoms with Gasteiger partial charge < -0.3 is 11.1 Å². The lowest BCUT2D eigenvalue weighted by molar-refractivity contribution is 0.0940. The van der Waals surface area contributed by atoms with Crippen LogP contribution in [0, 0.1) is 13.8 Å². The minimum absolute atomic E-state index is 0.0171. The highest BCUT2D eigenvalue weighted by Crippen LogP contribution is 2.11. The Morgan fingerprint density at radius 2 is 2.20 bits per heavy atom. The first-order valence-electron chi connectivity index (χ1n) is 4.98. The van der Waals surface area contributed by atoms with Gasteiger partial charge in [-0.1, -0.05) is 0 Å². The number of nitrogens with two attached hydrogens (primary N) is 1. The average molecular weight is 210 g/mol. The van der Waals surface area contributed by atoms with Crippen LogP contribution in [0.4, 0.5) is 0 Å². The summed E-state index contributed by atoms with van der Waals surface area (Å²) in [7, 11) is 1.82. The maximum atomic E-state index is 11.8. The molecule has 0 saturated heterocycles. The third-order valence-corrected chi connectivity index (χ3v) is 2.47. The molecule has 0 fully saturated rings. The van der Waals surface area contributed by atoms with Crippen LogP contribution in [-0.2, 0) is 7.05 Å². The van der Waals surface area contributed by atoms with Crippen molar-refractivity contribution in [1.29, 1.82) is 0 Å². The molecule has 0 aromatic carbocycles. The van der Waals surface area contributed by atoms with Gasteiger partial charge in [0.2, 0.25) is 0 Å². The van der Waals surface area contributed by atoms with Crippen molar-refractivity contribution in [2.75, 3.05) is 6.54 Å². The molecule has 0 aliphatic rings. The first-order valence-corrected chi connectivity index (χ1v) is 4.98. The molecule has 1 rings (SSSR count). The fraction of sp³-hybridized carbons (Fsp3) is 0.600. The van der Waals surface area contributed by atoms with Crippen LogP contribution in [0.15, 0.2) is 0 Å². The van der Waals surface area contributed by atoms with Gasteiger partial charge in [-0.05, 0) is 20.8 Å². The molecule has 5 nitrogen and oxygen atoms in total. The highest BCUT2D eigenvalue weighted by molar-refractivity contribution is 5.96. The Bertz CT molecular complexity index is 370. The molecule has 1 amide bonds. The Hall–Kier alpha value is -1.36. The van der Waals surface area contributed by atoms with Crippen molar-refractivity contribution in [2.24, 2.45) is 12.8 Å². The summed E-state index contributed by atoms with van der Waals surface area (Å²) in [5.41, 5.74) is 7.71. The summed E-state index contributed by atoms with van der Waals surface area (Å²) >= 11 is 0. The van der Waals surface area contributed by atoms with Gasteiger partial charge in [-0.25, -0.2) is 0 Å². The van der Waals surface area contributed by atoms with Gasteiger partial charge in [-0.3, -0.25) is 9.48 Å². The van der Waals surface area contributed by atoms with Gasteiger partial charge >= 0.3 is 0 Å². The molecule has 0 aliphatic heterocycles. The van der Waals surface area contributed by atoms with Gasteiger partial charge in [0.05, 0.1) is 11.3 Å². The lowest BCUT2D eigenvalue weighted by atomic mass is 10.1. The normalized spacial score (nSPS) is 12.6. The van der Waals surface area contributed by atoms with Crippen molar-refractivity contribution in [3.63, 3.8) is 0 Å². The maximum absolute atomic E-state index is 11.8. The minimum atomic E-state index is -0.101. The van der Waals surface area contributed by atoms with Crippen molar-refractivity contribution in [3.8, 4) is 0 Å². The topological polar surface area (TPSA) is 72.9 Å². The van der Waals surface area contributed by atoms with Crippen molar-refractivity contribution in [2.45, 2.75) is 26.8 Å². The van der Waals surface area contributed by atoms with Gasteiger partial charge in [-0.2, -0.15) is 5.10 Å². The molecule has 0 spiro atoms. The van der Waals surface area contributed by atoms with E-state index in [1.807, 2.05) is 27.8 Å². The lowest BCUT2D eigenvalue weighted by Crippen LogP contribution is -2.38. The fourth-order valence-electron chi connectivity index (χ4n) is 1.46. The third-order valence-electron chi connectivity index (χ3n) is 2.47. The molecule has 0 unspecified atom stereocenters. The number of carbonyl (C=O) groups is 1. The van der Waals surface area contributed by atoms with Crippen LogP contribution in [0.2, 0.25) is 0 Å². The highest BCUT2D eigenvalue weighted by Gasteiger charge is 2.17. The first kappa shape index (κ1) is 11.7. The quantitative estimate of drug-likeness (QED) is 0.744. The summed E-state index contributed by atoms with van der Waals surface area (Å²) in [4.78, 5) is 11.8. The average Bonchev–Trinajstić information content (AvgIpc) is 2.41. The number of nitrogens with zero attached hydrogens (tertiary/aromatic N) is 2. The molecule has 0 saturated carbocycles. The number of rotatable bonds is 3. The monoisotopic (exact) mass is 210 g/mol. The first-order chi connectivity index (χ1) is 6.97. The van der Waals surface area contributed by atoms with E-state index in [1.165, 1.54) is 0 Å². The van der Waals surface area contributed by atoms with Crippen LogP contribution >= 0.6 is 0 Å². The van der Waals surface area contributed by atoms with Crippen LogP contribution in [0.25, 0.3) is 0 Å². The molecule has 1 atom stereocenters. The molecule has 5 heteroatoms. The van der Waals surface area contributed by atoms with E-state index in [4.69, 9.17) is 5.73 Å². The van der Waals surface area contributed by atoms with Crippen LogP contribution in [0.5, 0.6) is 0 Å². The summed E-state index contributed by atoms with van der Waals surface area (Å²) in [6.07, 6.45) is 0. The molecule has 84 valence electrons. The van der Waals surface area contributed by atoms with Crippen LogP contribution in [-0.4, -0.2) is 28.3 Å². The molecule has 0 aliphatic carbocycles. The largest absolute Gasteiger partial charge is 0.348 e. The molecule has 3 N–H and O–H groups in total. The molecule has 1 aromatic heterocycles. The van der Waals surface area contributed by atoms with Crippen molar-refractivity contribution in [3.05, 3.63) is 17.0 Å².